The van der Waals surface area contributed by atoms with Gasteiger partial charge in [0.05, 0.1) is 32.7 Å². The molecule has 1 aliphatic heterocycles. The van der Waals surface area contributed by atoms with E-state index in [1.807, 2.05) is 132 Å². The second-order valence-corrected chi connectivity index (χ2v) is 16.5. The number of ether oxygens (including phenoxy) is 5. The molecule has 1 fully saturated rings. The minimum atomic E-state index is -1.09. The van der Waals surface area contributed by atoms with Crippen molar-refractivity contribution in [3.05, 3.63) is 252 Å². The van der Waals surface area contributed by atoms with Crippen LogP contribution in [0, 0.1) is 0 Å². The van der Waals surface area contributed by atoms with E-state index in [4.69, 9.17) is 38.6 Å². The minimum Gasteiger partial charge on any atom is -0.497 e. The van der Waals surface area contributed by atoms with Crippen LogP contribution in [0.1, 0.15) is 56.4 Å². The summed E-state index contributed by atoms with van der Waals surface area (Å²) in [5.41, 5.74) is 5.15. The number of fused-ring (bicyclic) bond motifs is 1. The van der Waals surface area contributed by atoms with Crippen molar-refractivity contribution in [1.29, 1.82) is 0 Å². The molecule has 9 aromatic rings. The molecule has 338 valence electrons. The fourth-order valence-electron chi connectivity index (χ4n) is 9.32. The molecule has 68 heavy (non-hydrogen) atoms. The van der Waals surface area contributed by atoms with Crippen molar-refractivity contribution < 1.29 is 28.5 Å². The number of aromatic nitrogens is 4. The molecule has 0 saturated carbocycles. The summed E-state index contributed by atoms with van der Waals surface area (Å²) in [6.07, 6.45) is 1.45. The van der Waals surface area contributed by atoms with Crippen molar-refractivity contribution in [2.45, 2.75) is 36.0 Å². The third kappa shape index (κ3) is 8.34. The Morgan fingerprint density at radius 2 is 1.07 bits per heavy atom. The van der Waals surface area contributed by atoms with Gasteiger partial charge in [0.25, 0.3) is 0 Å². The van der Waals surface area contributed by atoms with Crippen LogP contribution in [-0.4, -0.2) is 58.5 Å². The number of hydrogen-bond acceptors (Lipinski definition) is 10. The summed E-state index contributed by atoms with van der Waals surface area (Å²) in [6, 6.07) is 65.7. The highest BCUT2D eigenvalue weighted by atomic mass is 16.6. The first-order valence-electron chi connectivity index (χ1n) is 22.5. The molecule has 1 saturated heterocycles. The van der Waals surface area contributed by atoms with Crippen LogP contribution in [0.25, 0.3) is 11.2 Å². The molecule has 7 aromatic carbocycles. The standard InChI is InChI=1S/C57H49N5O6/c1-64-47-32-28-43(29-33-47)56(41-20-10-4-11-21-41,42-22-12-5-13-23-42)61-53-52-54(59-38-58-53)62(39-60-52)51-36-49(68-55(63)40-18-8-3-9-19-40)50(67-51)37-66-57(44-24-14-6-15-25-44,45-26-16-7-17-27-45)46-30-34-48(65-2)35-31-46/h3-35,38-39,49-51H,36-37H2,1-2H3,(H,58,59,61)/t49-,50+,51+/m1/s1. The Morgan fingerprint density at radius 1 is 0.603 bits per heavy atom. The van der Waals surface area contributed by atoms with E-state index in [2.05, 4.69) is 66.0 Å². The Bertz CT molecular complexity index is 2990. The van der Waals surface area contributed by atoms with E-state index in [0.29, 0.717) is 29.0 Å². The number of esters is 1. The highest BCUT2D eigenvalue weighted by Gasteiger charge is 2.45. The fraction of sp³-hybridized carbons (Fsp3) is 0.158. The smallest absolute Gasteiger partial charge is 0.338 e. The molecule has 2 aromatic heterocycles. The van der Waals surface area contributed by atoms with Crippen LogP contribution in [0.15, 0.2) is 213 Å². The second kappa shape index (κ2) is 19.4. The molecule has 1 N–H and O–H groups in total. The molecule has 3 atom stereocenters. The lowest BCUT2D eigenvalue weighted by molar-refractivity contribution is -0.0955. The summed E-state index contributed by atoms with van der Waals surface area (Å²) in [6.45, 7) is 0.0476. The third-order valence-corrected chi connectivity index (χ3v) is 12.7. The number of nitrogens with one attached hydrogen (secondary N) is 1. The molecule has 0 radical (unpaired) electrons. The summed E-state index contributed by atoms with van der Waals surface area (Å²) in [7, 11) is 3.31. The van der Waals surface area contributed by atoms with Crippen molar-refractivity contribution in [3.8, 4) is 11.5 Å². The highest BCUT2D eigenvalue weighted by Crippen LogP contribution is 2.44. The van der Waals surface area contributed by atoms with Crippen LogP contribution in [0.5, 0.6) is 11.5 Å². The number of imidazole rings is 1. The molecule has 10 rings (SSSR count). The summed E-state index contributed by atoms with van der Waals surface area (Å²) < 4.78 is 33.7. The van der Waals surface area contributed by atoms with Crippen LogP contribution in [0.3, 0.4) is 0 Å². The molecule has 11 nitrogen and oxygen atoms in total. The van der Waals surface area contributed by atoms with Gasteiger partial charge in [-0.1, -0.05) is 164 Å². The molecule has 0 spiro atoms. The van der Waals surface area contributed by atoms with Crippen molar-refractivity contribution in [1.82, 2.24) is 19.5 Å². The predicted molar refractivity (Wildman–Crippen MR) is 261 cm³/mol. The first kappa shape index (κ1) is 43.8. The van der Waals surface area contributed by atoms with Gasteiger partial charge >= 0.3 is 5.97 Å². The van der Waals surface area contributed by atoms with Crippen LogP contribution in [-0.2, 0) is 25.4 Å². The quantitative estimate of drug-likeness (QED) is 0.0742. The molecule has 0 unspecified atom stereocenters. The predicted octanol–water partition coefficient (Wildman–Crippen LogP) is 10.8. The van der Waals surface area contributed by atoms with E-state index in [-0.39, 0.29) is 6.61 Å². The van der Waals surface area contributed by atoms with Gasteiger partial charge in [0.1, 0.15) is 47.4 Å². The van der Waals surface area contributed by atoms with Gasteiger partial charge in [-0.2, -0.15) is 0 Å². The van der Waals surface area contributed by atoms with E-state index in [9.17, 15) is 4.79 Å². The average Bonchev–Trinajstić information content (AvgIpc) is 4.04. The van der Waals surface area contributed by atoms with Crippen LogP contribution < -0.4 is 14.8 Å². The molecular weight excluding hydrogens is 851 g/mol. The lowest BCUT2D eigenvalue weighted by Gasteiger charge is -2.37. The number of hydrogen-bond donors (Lipinski definition) is 1. The van der Waals surface area contributed by atoms with Crippen molar-refractivity contribution in [3.63, 3.8) is 0 Å². The van der Waals surface area contributed by atoms with Gasteiger partial charge in [-0.3, -0.25) is 4.57 Å². The Kier molecular flexibility index (Phi) is 12.5. The van der Waals surface area contributed by atoms with Crippen molar-refractivity contribution in [2.24, 2.45) is 0 Å². The minimum absolute atomic E-state index is 0.0476. The molecule has 3 heterocycles. The van der Waals surface area contributed by atoms with Gasteiger partial charge in [0.2, 0.25) is 0 Å². The van der Waals surface area contributed by atoms with E-state index in [1.54, 1.807) is 32.7 Å². The maximum Gasteiger partial charge on any atom is 0.338 e. The first-order chi connectivity index (χ1) is 33.5. The number of methoxy groups -OCH3 is 2. The zero-order chi connectivity index (χ0) is 46.3. The largest absolute Gasteiger partial charge is 0.497 e. The average molecular weight is 900 g/mol. The topological polar surface area (TPSA) is 119 Å². The van der Waals surface area contributed by atoms with Gasteiger partial charge in [-0.25, -0.2) is 19.7 Å². The number of carbonyl (C=O) groups is 1. The number of nitrogens with zero attached hydrogens (tertiary/aromatic N) is 4. The van der Waals surface area contributed by atoms with Gasteiger partial charge < -0.3 is 29.0 Å². The maximum atomic E-state index is 13.9. The van der Waals surface area contributed by atoms with Crippen LogP contribution >= 0.6 is 0 Å². The number of carbonyl (C=O) groups excluding carboxylic acids is 1. The summed E-state index contributed by atoms with van der Waals surface area (Å²) in [5.74, 6) is 1.52. The van der Waals surface area contributed by atoms with Gasteiger partial charge in [-0.15, -0.1) is 0 Å². The van der Waals surface area contributed by atoms with Crippen molar-refractivity contribution >= 4 is 23.0 Å². The normalized spacial score (nSPS) is 16.0. The van der Waals surface area contributed by atoms with E-state index in [1.165, 1.54) is 6.33 Å². The molecule has 0 aliphatic carbocycles. The Morgan fingerprint density at radius 3 is 1.60 bits per heavy atom. The van der Waals surface area contributed by atoms with Gasteiger partial charge in [-0.05, 0) is 69.8 Å². The highest BCUT2D eigenvalue weighted by molar-refractivity contribution is 5.89. The molecule has 1 aliphatic rings. The summed E-state index contributed by atoms with van der Waals surface area (Å²) >= 11 is 0. The lowest BCUT2D eigenvalue weighted by Crippen LogP contribution is -2.39. The zero-order valence-electron chi connectivity index (χ0n) is 37.6. The Balaban J connectivity index is 1.04. The lowest BCUT2D eigenvalue weighted by atomic mass is 9.77. The number of anilines is 1. The van der Waals surface area contributed by atoms with Gasteiger partial charge in [0.15, 0.2) is 17.0 Å². The zero-order valence-corrected chi connectivity index (χ0v) is 37.6. The molecule has 0 amide bonds. The van der Waals surface area contributed by atoms with Crippen LogP contribution in [0.4, 0.5) is 5.82 Å². The van der Waals surface area contributed by atoms with Gasteiger partial charge in [0, 0.05) is 6.42 Å². The first-order valence-corrected chi connectivity index (χ1v) is 22.5. The van der Waals surface area contributed by atoms with E-state index >= 15 is 0 Å². The van der Waals surface area contributed by atoms with E-state index < -0.39 is 35.5 Å². The monoisotopic (exact) mass is 899 g/mol. The van der Waals surface area contributed by atoms with E-state index in [0.717, 1.165) is 44.9 Å². The summed E-state index contributed by atoms with van der Waals surface area (Å²) in [4.78, 5) is 28.5. The molecule has 11 heteroatoms. The third-order valence-electron chi connectivity index (χ3n) is 12.7. The Labute approximate surface area is 395 Å². The van der Waals surface area contributed by atoms with Crippen molar-refractivity contribution in [2.75, 3.05) is 26.1 Å². The molecule has 0 bridgehead atoms. The second-order valence-electron chi connectivity index (χ2n) is 16.5. The SMILES string of the molecule is COc1ccc(C(Nc2ncnc3c2ncn3[C@@H]2C[C@@H](OC(=O)c3ccccc3)[C@H](COC(c3ccccc3)(c3ccccc3)c3ccc(OC)cc3)O2)(c2ccccc2)c2ccccc2)cc1. The summed E-state index contributed by atoms with van der Waals surface area (Å²) in [5, 5.41) is 3.87. The number of benzene rings is 7. The molecular formula is C57H49N5O6. The van der Waals surface area contributed by atoms with Crippen LogP contribution in [0.2, 0.25) is 0 Å². The fourth-order valence-corrected chi connectivity index (χ4v) is 9.32. The number of rotatable bonds is 16. The Hall–Kier alpha value is -8.12. The maximum absolute atomic E-state index is 13.9.